The molecule has 0 rings (SSSR count). The van der Waals surface area contributed by atoms with Crippen molar-refractivity contribution in [3.05, 3.63) is 0 Å². The Kier molecular flexibility index (Phi) is 81.0. The van der Waals surface area contributed by atoms with Crippen molar-refractivity contribution < 1.29 is 86.9 Å². The Morgan fingerprint density at radius 2 is 0.318 bits per heavy atom. The Balaban J connectivity index is -0.0000000250. The molecule has 0 aromatic carbocycles. The Morgan fingerprint density at radius 1 is 0.318 bits per heavy atom. The molecular weight excluding hydrogens is 935 g/mol. The second-order valence-corrected chi connectivity index (χ2v) is 8.39. The minimum absolute atomic E-state index is 0. The predicted octanol–water partition coefficient (Wildman–Crippen LogP) is -14.4. The van der Waals surface area contributed by atoms with E-state index in [0.29, 0.717) is 0 Å². The zero-order valence-electron chi connectivity index (χ0n) is 9.52. The quantitative estimate of drug-likeness (QED) is 0.204. The average molecular weight is 935 g/mol. The fraction of sp³-hybridized carbons (Fsp3) is 0. The maximum absolute atomic E-state index is 8.61. The summed E-state index contributed by atoms with van der Waals surface area (Å²) in [5, 5.41) is 0. The second kappa shape index (κ2) is 39.7. The van der Waals surface area contributed by atoms with Gasteiger partial charge in [-0.2, -0.15) is 0 Å². The van der Waals surface area contributed by atoms with E-state index in [1.54, 1.807) is 0 Å². The van der Waals surface area contributed by atoms with Crippen molar-refractivity contribution in [2.75, 3.05) is 0 Å². The minimum Gasteiger partial charge on any atom is 5.00 e. The van der Waals surface area contributed by atoms with Crippen LogP contribution in [0, 0.1) is 0 Å². The van der Waals surface area contributed by atoms with E-state index >= 15 is 0 Å². The van der Waals surface area contributed by atoms with Gasteiger partial charge < -0.3 is 0 Å². The third-order valence-corrected chi connectivity index (χ3v) is 0. The second-order valence-electron chi connectivity index (χ2n) is 1.25. The maximum atomic E-state index is 8.61. The van der Waals surface area contributed by atoms with Gasteiger partial charge in [0.05, 0.1) is 0 Å². The van der Waals surface area contributed by atoms with E-state index in [0.717, 1.165) is 0 Å². The van der Waals surface area contributed by atoms with E-state index < -0.39 is 103 Å². The van der Waals surface area contributed by atoms with Crippen molar-refractivity contribution in [1.82, 2.24) is 0 Å². The van der Waals surface area contributed by atoms with Gasteiger partial charge in [-0.25, -0.2) is 0 Å². The standard InChI is InChI=1S/15O.5Sn.2V/q;;;;;10*-1;;;;;;2*+5. The van der Waals surface area contributed by atoms with Gasteiger partial charge in [0.15, 0.2) is 0 Å². The van der Waals surface area contributed by atoms with Crippen molar-refractivity contribution in [2.45, 2.75) is 0 Å². The third-order valence-electron chi connectivity index (χ3n) is 0. The van der Waals surface area contributed by atoms with Crippen molar-refractivity contribution in [1.29, 1.82) is 0 Å². The van der Waals surface area contributed by atoms with Gasteiger partial charge in [0.1, 0.15) is 0 Å². The molecule has 0 amide bonds. The number of hydrogen-bond acceptors (Lipinski definition) is 15. The molecule has 0 aliphatic heterocycles. The van der Waals surface area contributed by atoms with Gasteiger partial charge in [-0.3, -0.25) is 0 Å². The molecule has 0 N–H and O–H groups in total. The van der Waals surface area contributed by atoms with Crippen LogP contribution in [0.4, 0.5) is 0 Å². The van der Waals surface area contributed by atoms with Crippen LogP contribution in [0.5, 0.6) is 0 Å². The van der Waals surface area contributed by atoms with Gasteiger partial charge in [0.2, 0.25) is 0 Å². The maximum Gasteiger partial charge on any atom is 5.00 e. The Bertz CT molecular complexity index is 211. The molecular formula is O15Sn5V2. The Hall–Kier alpha value is 3.76. The molecule has 22 heteroatoms. The van der Waals surface area contributed by atoms with Crippen LogP contribution in [-0.2, 0) is 52.5 Å². The van der Waals surface area contributed by atoms with Crippen molar-refractivity contribution in [3.63, 3.8) is 0 Å². The van der Waals surface area contributed by atoms with Crippen LogP contribution in [0.3, 0.4) is 0 Å². The molecule has 15 nitrogen and oxygen atoms in total. The molecule has 0 aromatic rings. The Labute approximate surface area is 186 Å². The van der Waals surface area contributed by atoms with E-state index in [1.165, 1.54) is 0 Å². The van der Waals surface area contributed by atoms with Crippen LogP contribution in [0.25, 0.3) is 0 Å². The Morgan fingerprint density at radius 3 is 0.318 bits per heavy atom. The summed E-state index contributed by atoms with van der Waals surface area (Å²) in [7, 11) is 0. The molecule has 0 fully saturated rings. The minimum atomic E-state index is -4.29. The molecule has 0 aliphatic carbocycles. The summed E-state index contributed by atoms with van der Waals surface area (Å²) in [5.41, 5.74) is 0. The zero-order valence-corrected chi connectivity index (χ0v) is 26.6. The fourth-order valence-electron chi connectivity index (χ4n) is 0. The van der Waals surface area contributed by atoms with E-state index in [2.05, 4.69) is 0 Å². The van der Waals surface area contributed by atoms with Crippen LogP contribution in [-0.4, -0.2) is 103 Å². The largest absolute Gasteiger partial charge is 5.00 e. The first kappa shape index (κ1) is 44.9. The summed E-state index contributed by atoms with van der Waals surface area (Å²) in [6, 6.07) is 0. The van der Waals surface area contributed by atoms with Crippen molar-refractivity contribution >= 4 is 103 Å². The van der Waals surface area contributed by atoms with E-state index in [-0.39, 0.29) is 37.1 Å². The summed E-state index contributed by atoms with van der Waals surface area (Å²) < 4.78 is 129. The van der Waals surface area contributed by atoms with Crippen LogP contribution in [0.2, 0.25) is 0 Å². The summed E-state index contributed by atoms with van der Waals surface area (Å²) in [4.78, 5) is 0. The molecule has 0 aliphatic rings. The predicted molar refractivity (Wildman–Crippen MR) is 32.2 cm³/mol. The summed E-state index contributed by atoms with van der Waals surface area (Å²) >= 11 is -21.5. The van der Waals surface area contributed by atoms with Gasteiger partial charge in [-0.1, -0.05) is 0 Å². The first-order valence-corrected chi connectivity index (χ1v) is 20.5. The van der Waals surface area contributed by atoms with E-state index in [1.807, 2.05) is 0 Å². The average Bonchev–Trinajstić information content (AvgIpc) is 1.94. The summed E-state index contributed by atoms with van der Waals surface area (Å²) in [6.07, 6.45) is 0. The molecule has 0 heterocycles. The van der Waals surface area contributed by atoms with Crippen LogP contribution < -0.4 is 34.4 Å². The third kappa shape index (κ3) is 870. The smallest absolute Gasteiger partial charge is 5.00 e. The fourth-order valence-corrected chi connectivity index (χ4v) is 0. The van der Waals surface area contributed by atoms with E-state index in [4.69, 9.17) is 49.8 Å². The summed E-state index contributed by atoms with van der Waals surface area (Å²) in [5.74, 6) is 0. The number of hydrogen-bond donors (Lipinski definition) is 0. The van der Waals surface area contributed by atoms with Gasteiger partial charge in [-0.05, 0) is 0 Å². The molecule has 0 atom stereocenters. The summed E-state index contributed by atoms with van der Waals surface area (Å²) in [6.45, 7) is 0. The molecule has 0 spiro atoms. The molecule has 120 valence electrons. The number of rotatable bonds is 0. The molecule has 0 saturated heterocycles. The van der Waals surface area contributed by atoms with Gasteiger partial charge in [0.25, 0.3) is 0 Å². The van der Waals surface area contributed by atoms with Crippen molar-refractivity contribution in [3.8, 4) is 0 Å². The van der Waals surface area contributed by atoms with Gasteiger partial charge >= 0.3 is 190 Å². The van der Waals surface area contributed by atoms with E-state index in [9.17, 15) is 0 Å². The van der Waals surface area contributed by atoms with Crippen LogP contribution >= 0.6 is 0 Å². The van der Waals surface area contributed by atoms with Crippen LogP contribution in [0.15, 0.2) is 0 Å². The van der Waals surface area contributed by atoms with Crippen LogP contribution in [0.1, 0.15) is 0 Å². The molecule has 0 unspecified atom stereocenters. The molecule has 0 aromatic heterocycles. The molecule has 22 heavy (non-hydrogen) atoms. The van der Waals surface area contributed by atoms with Crippen molar-refractivity contribution in [2.24, 2.45) is 0 Å². The molecule has 0 radical (unpaired) electrons. The van der Waals surface area contributed by atoms with Gasteiger partial charge in [0, 0.05) is 0 Å². The monoisotopic (exact) mass is 941 g/mol. The topological polar surface area (TPSA) is 316 Å². The van der Waals surface area contributed by atoms with Gasteiger partial charge in [-0.15, -0.1) is 0 Å². The molecule has 0 bridgehead atoms. The zero-order chi connectivity index (χ0) is 17.9. The first-order chi connectivity index (χ1) is 8.66. The normalized spacial score (nSPS) is 5.91. The first-order valence-electron chi connectivity index (χ1n) is 3.06. The SMILES string of the molecule is [O]=[Sn]([O-])[O-].[O]=[Sn]([O-])[O-].[O]=[Sn]([O-])[O-].[O]=[Sn]([O-])[O-].[O]=[Sn]([O-])[O-].[V+5].[V+5]. The molecule has 0 saturated carbocycles.